The minimum atomic E-state index is 0.140. The van der Waals surface area contributed by atoms with Gasteiger partial charge in [-0.05, 0) is 44.7 Å². The highest BCUT2D eigenvalue weighted by Gasteiger charge is 2.23. The first-order chi connectivity index (χ1) is 9.65. The number of aromatic nitrogens is 1. The first kappa shape index (κ1) is 14.6. The lowest BCUT2D eigenvalue weighted by Gasteiger charge is -2.37. The Balaban J connectivity index is 2.32. The molecule has 0 radical (unpaired) electrons. The second-order valence-corrected chi connectivity index (χ2v) is 5.47. The minimum Gasteiger partial charge on any atom is -0.409 e. The molecule has 20 heavy (non-hydrogen) atoms. The second kappa shape index (κ2) is 6.59. The molecule has 0 spiro atoms. The summed E-state index contributed by atoms with van der Waals surface area (Å²) < 4.78 is 0. The number of aryl methyl sites for hydroxylation is 1. The number of hydrogen-bond acceptors (Lipinski definition) is 4. The van der Waals surface area contributed by atoms with E-state index in [1.165, 1.54) is 32.1 Å². The molecule has 5 heteroatoms. The number of hydrogen-bond donors (Lipinski definition) is 2. The summed E-state index contributed by atoms with van der Waals surface area (Å²) in [5, 5.41) is 11.9. The standard InChI is InChI=1S/C15H24N4O/c1-3-6-13-7-4-5-8-19(13)14-10-12(15(16)18-20)9-11(2)17-14/h9-10,13,20H,3-8H2,1-2H3,(H2,16,18). The summed E-state index contributed by atoms with van der Waals surface area (Å²) in [6, 6.07) is 4.33. The Kier molecular flexibility index (Phi) is 4.82. The molecule has 1 aromatic rings. The fourth-order valence-electron chi connectivity index (χ4n) is 2.94. The number of pyridine rings is 1. The van der Waals surface area contributed by atoms with Gasteiger partial charge >= 0.3 is 0 Å². The third-order valence-electron chi connectivity index (χ3n) is 3.89. The zero-order chi connectivity index (χ0) is 14.5. The lowest BCUT2D eigenvalue weighted by atomic mass is 9.98. The van der Waals surface area contributed by atoms with Crippen LogP contribution in [0.3, 0.4) is 0 Å². The molecular formula is C15H24N4O. The largest absolute Gasteiger partial charge is 0.409 e. The topological polar surface area (TPSA) is 74.7 Å². The average Bonchev–Trinajstić information content (AvgIpc) is 2.46. The molecule has 3 N–H and O–H groups in total. The van der Waals surface area contributed by atoms with Gasteiger partial charge in [-0.1, -0.05) is 18.5 Å². The van der Waals surface area contributed by atoms with Gasteiger partial charge in [-0.25, -0.2) is 4.98 Å². The Morgan fingerprint density at radius 2 is 2.30 bits per heavy atom. The van der Waals surface area contributed by atoms with E-state index in [9.17, 15) is 0 Å². The zero-order valence-electron chi connectivity index (χ0n) is 12.3. The van der Waals surface area contributed by atoms with E-state index in [1.807, 2.05) is 19.1 Å². The zero-order valence-corrected chi connectivity index (χ0v) is 12.3. The highest BCUT2D eigenvalue weighted by Crippen LogP contribution is 2.26. The Hall–Kier alpha value is -1.78. The Morgan fingerprint density at radius 3 is 3.00 bits per heavy atom. The Bertz CT molecular complexity index is 485. The van der Waals surface area contributed by atoms with E-state index in [4.69, 9.17) is 10.9 Å². The van der Waals surface area contributed by atoms with Crippen LogP contribution in [-0.4, -0.2) is 28.6 Å². The van der Waals surface area contributed by atoms with Crippen molar-refractivity contribution in [2.45, 2.75) is 52.0 Å². The molecule has 0 aromatic carbocycles. The van der Waals surface area contributed by atoms with Crippen LogP contribution < -0.4 is 10.6 Å². The van der Waals surface area contributed by atoms with E-state index in [-0.39, 0.29) is 5.84 Å². The molecule has 1 aliphatic heterocycles. The van der Waals surface area contributed by atoms with E-state index in [1.54, 1.807) is 0 Å². The number of nitrogens with zero attached hydrogens (tertiary/aromatic N) is 3. The molecule has 0 bridgehead atoms. The minimum absolute atomic E-state index is 0.140. The van der Waals surface area contributed by atoms with Gasteiger partial charge in [0.2, 0.25) is 0 Å². The molecular weight excluding hydrogens is 252 g/mol. The maximum absolute atomic E-state index is 8.85. The molecule has 2 rings (SSSR count). The number of nitrogens with two attached hydrogens (primary N) is 1. The normalized spacial score (nSPS) is 20.2. The van der Waals surface area contributed by atoms with Crippen LogP contribution in [0.15, 0.2) is 17.3 Å². The smallest absolute Gasteiger partial charge is 0.170 e. The van der Waals surface area contributed by atoms with Gasteiger partial charge in [0.1, 0.15) is 5.82 Å². The first-order valence-electron chi connectivity index (χ1n) is 7.39. The van der Waals surface area contributed by atoms with Crippen molar-refractivity contribution in [2.75, 3.05) is 11.4 Å². The number of piperidine rings is 1. The average molecular weight is 276 g/mol. The van der Waals surface area contributed by atoms with Gasteiger partial charge in [0.25, 0.3) is 0 Å². The maximum Gasteiger partial charge on any atom is 0.170 e. The maximum atomic E-state index is 8.85. The second-order valence-electron chi connectivity index (χ2n) is 5.47. The summed E-state index contributed by atoms with van der Waals surface area (Å²) >= 11 is 0. The summed E-state index contributed by atoms with van der Waals surface area (Å²) in [5.74, 6) is 1.09. The van der Waals surface area contributed by atoms with E-state index in [0.717, 1.165) is 23.6 Å². The van der Waals surface area contributed by atoms with Crippen molar-refractivity contribution in [3.05, 3.63) is 23.4 Å². The van der Waals surface area contributed by atoms with Crippen LogP contribution in [0.25, 0.3) is 0 Å². The van der Waals surface area contributed by atoms with Crippen molar-refractivity contribution in [1.29, 1.82) is 0 Å². The van der Waals surface area contributed by atoms with Crippen molar-refractivity contribution >= 4 is 11.7 Å². The SMILES string of the molecule is CCCC1CCCCN1c1cc(/C(N)=N/O)cc(C)n1. The quantitative estimate of drug-likeness (QED) is 0.384. The van der Waals surface area contributed by atoms with Gasteiger partial charge in [0.05, 0.1) is 0 Å². The van der Waals surface area contributed by atoms with Crippen molar-refractivity contribution in [1.82, 2.24) is 4.98 Å². The van der Waals surface area contributed by atoms with Crippen molar-refractivity contribution < 1.29 is 5.21 Å². The van der Waals surface area contributed by atoms with Crippen molar-refractivity contribution in [2.24, 2.45) is 10.9 Å². The van der Waals surface area contributed by atoms with Crippen LogP contribution in [0.1, 0.15) is 50.3 Å². The number of anilines is 1. The van der Waals surface area contributed by atoms with Gasteiger partial charge in [-0.2, -0.15) is 0 Å². The molecule has 110 valence electrons. The molecule has 1 atom stereocenters. The van der Waals surface area contributed by atoms with Crippen LogP contribution in [0, 0.1) is 6.92 Å². The Labute approximate surface area is 120 Å². The number of oxime groups is 1. The first-order valence-corrected chi connectivity index (χ1v) is 7.39. The predicted molar refractivity (Wildman–Crippen MR) is 81.4 cm³/mol. The lowest BCUT2D eigenvalue weighted by Crippen LogP contribution is -2.40. The molecule has 1 aliphatic rings. The summed E-state index contributed by atoms with van der Waals surface area (Å²) in [6.45, 7) is 5.20. The van der Waals surface area contributed by atoms with Crippen LogP contribution in [0.4, 0.5) is 5.82 Å². The van der Waals surface area contributed by atoms with Gasteiger partial charge in [-0.15, -0.1) is 0 Å². The lowest BCUT2D eigenvalue weighted by molar-refractivity contribution is 0.318. The highest BCUT2D eigenvalue weighted by atomic mass is 16.4. The van der Waals surface area contributed by atoms with E-state index in [2.05, 4.69) is 22.0 Å². The fourth-order valence-corrected chi connectivity index (χ4v) is 2.94. The van der Waals surface area contributed by atoms with Gasteiger partial charge in [0.15, 0.2) is 5.84 Å². The summed E-state index contributed by atoms with van der Waals surface area (Å²) in [4.78, 5) is 7.02. The molecule has 2 heterocycles. The van der Waals surface area contributed by atoms with E-state index in [0.29, 0.717) is 6.04 Å². The summed E-state index contributed by atoms with van der Waals surface area (Å²) in [6.07, 6.45) is 6.09. The van der Waals surface area contributed by atoms with E-state index < -0.39 is 0 Å². The third kappa shape index (κ3) is 3.21. The highest BCUT2D eigenvalue weighted by molar-refractivity contribution is 5.97. The number of amidine groups is 1. The third-order valence-corrected chi connectivity index (χ3v) is 3.89. The molecule has 1 unspecified atom stereocenters. The van der Waals surface area contributed by atoms with E-state index >= 15 is 0 Å². The molecule has 1 aromatic heterocycles. The van der Waals surface area contributed by atoms with Gasteiger partial charge < -0.3 is 15.8 Å². The molecule has 5 nitrogen and oxygen atoms in total. The summed E-state index contributed by atoms with van der Waals surface area (Å²) in [7, 11) is 0. The molecule has 1 fully saturated rings. The van der Waals surface area contributed by atoms with Crippen LogP contribution in [0.2, 0.25) is 0 Å². The molecule has 0 saturated carbocycles. The monoisotopic (exact) mass is 276 g/mol. The van der Waals surface area contributed by atoms with Crippen LogP contribution >= 0.6 is 0 Å². The van der Waals surface area contributed by atoms with Crippen LogP contribution in [-0.2, 0) is 0 Å². The van der Waals surface area contributed by atoms with Crippen molar-refractivity contribution in [3.63, 3.8) is 0 Å². The number of rotatable bonds is 4. The predicted octanol–water partition coefficient (Wildman–Crippen LogP) is 2.64. The Morgan fingerprint density at radius 1 is 1.50 bits per heavy atom. The van der Waals surface area contributed by atoms with Crippen LogP contribution in [0.5, 0.6) is 0 Å². The summed E-state index contributed by atoms with van der Waals surface area (Å²) in [5.41, 5.74) is 7.33. The molecule has 0 amide bonds. The van der Waals surface area contributed by atoms with Gasteiger partial charge in [-0.3, -0.25) is 0 Å². The fraction of sp³-hybridized carbons (Fsp3) is 0.600. The van der Waals surface area contributed by atoms with Crippen molar-refractivity contribution in [3.8, 4) is 0 Å². The van der Waals surface area contributed by atoms with Gasteiger partial charge in [0, 0.05) is 23.8 Å². The molecule has 0 aliphatic carbocycles. The molecule has 1 saturated heterocycles.